The summed E-state index contributed by atoms with van der Waals surface area (Å²) in [4.78, 5) is 14.0. The number of nitrogens with two attached hydrogens (primary N) is 1. The van der Waals surface area contributed by atoms with Crippen molar-refractivity contribution in [2.75, 3.05) is 19.6 Å². The first kappa shape index (κ1) is 11.5. The summed E-state index contributed by atoms with van der Waals surface area (Å²) in [6, 6.07) is 0. The number of hydrogen-bond donors (Lipinski definition) is 1. The Labute approximate surface area is 86.6 Å². The lowest BCUT2D eigenvalue weighted by Crippen LogP contribution is -2.54. The van der Waals surface area contributed by atoms with E-state index in [1.165, 1.54) is 0 Å². The number of amides is 1. The van der Waals surface area contributed by atoms with Crippen molar-refractivity contribution in [3.63, 3.8) is 0 Å². The van der Waals surface area contributed by atoms with Gasteiger partial charge in [-0.3, -0.25) is 4.79 Å². The molecule has 0 atom stereocenters. The summed E-state index contributed by atoms with van der Waals surface area (Å²) in [5.74, 6) is 0.932. The highest BCUT2D eigenvalue weighted by atomic mass is 16.2. The molecule has 0 bridgehead atoms. The Morgan fingerprint density at radius 1 is 1.43 bits per heavy atom. The second kappa shape index (κ2) is 4.30. The van der Waals surface area contributed by atoms with Crippen molar-refractivity contribution < 1.29 is 4.79 Å². The molecule has 1 aliphatic rings. The summed E-state index contributed by atoms with van der Waals surface area (Å²) < 4.78 is 0. The average molecular weight is 198 g/mol. The van der Waals surface area contributed by atoms with Crippen molar-refractivity contribution in [2.45, 2.75) is 33.6 Å². The van der Waals surface area contributed by atoms with Gasteiger partial charge in [-0.05, 0) is 32.6 Å². The van der Waals surface area contributed by atoms with E-state index in [2.05, 4.69) is 6.92 Å². The van der Waals surface area contributed by atoms with E-state index in [1.807, 2.05) is 18.7 Å². The largest absolute Gasteiger partial charge is 0.343 e. The maximum atomic E-state index is 12.1. The topological polar surface area (TPSA) is 46.3 Å². The fourth-order valence-electron chi connectivity index (χ4n) is 2.55. The van der Waals surface area contributed by atoms with Crippen LogP contribution in [-0.4, -0.2) is 30.4 Å². The quantitative estimate of drug-likeness (QED) is 0.738. The number of hydrogen-bond acceptors (Lipinski definition) is 2. The van der Waals surface area contributed by atoms with Crippen LogP contribution in [0, 0.1) is 11.3 Å². The lowest BCUT2D eigenvalue weighted by molar-refractivity contribution is -0.149. The Hall–Kier alpha value is -0.570. The molecule has 0 aromatic carbocycles. The molecule has 0 spiro atoms. The van der Waals surface area contributed by atoms with E-state index >= 15 is 0 Å². The molecule has 0 radical (unpaired) electrons. The van der Waals surface area contributed by atoms with Gasteiger partial charge in [0, 0.05) is 19.6 Å². The number of nitrogens with zero attached hydrogens (tertiary/aromatic N) is 1. The van der Waals surface area contributed by atoms with E-state index in [0.717, 1.165) is 25.9 Å². The number of carbonyl (C=O) groups is 1. The van der Waals surface area contributed by atoms with Crippen LogP contribution in [0.25, 0.3) is 0 Å². The van der Waals surface area contributed by atoms with E-state index < -0.39 is 0 Å². The van der Waals surface area contributed by atoms with E-state index in [-0.39, 0.29) is 11.3 Å². The smallest absolute Gasteiger partial charge is 0.230 e. The molecule has 1 amide bonds. The Balaban J connectivity index is 2.66. The molecule has 1 aliphatic carbocycles. The summed E-state index contributed by atoms with van der Waals surface area (Å²) in [5.41, 5.74) is 5.51. The molecule has 0 saturated heterocycles. The van der Waals surface area contributed by atoms with Crippen LogP contribution in [0.2, 0.25) is 0 Å². The average Bonchev–Trinajstić information content (AvgIpc) is 2.14. The first-order valence-electron chi connectivity index (χ1n) is 5.59. The predicted octanol–water partition coefficient (Wildman–Crippen LogP) is 1.23. The minimum atomic E-state index is -0.217. The molecule has 0 unspecified atom stereocenters. The van der Waals surface area contributed by atoms with Gasteiger partial charge in [0.25, 0.3) is 0 Å². The first-order valence-corrected chi connectivity index (χ1v) is 5.59. The molecule has 1 fully saturated rings. The number of carbonyl (C=O) groups excluding carboxylic acids is 1. The van der Waals surface area contributed by atoms with Crippen LogP contribution in [0.1, 0.15) is 33.6 Å². The monoisotopic (exact) mass is 198 g/mol. The van der Waals surface area contributed by atoms with Crippen LogP contribution in [0.5, 0.6) is 0 Å². The zero-order valence-corrected chi connectivity index (χ0v) is 9.55. The molecule has 82 valence electrons. The summed E-state index contributed by atoms with van der Waals surface area (Å²) in [7, 11) is 0. The lowest BCUT2D eigenvalue weighted by Gasteiger charge is -2.46. The van der Waals surface area contributed by atoms with Crippen molar-refractivity contribution in [1.29, 1.82) is 0 Å². The van der Waals surface area contributed by atoms with Gasteiger partial charge in [0.2, 0.25) is 5.91 Å². The van der Waals surface area contributed by atoms with Gasteiger partial charge in [0.15, 0.2) is 0 Å². The molecule has 14 heavy (non-hydrogen) atoms. The first-order chi connectivity index (χ1) is 6.59. The third-order valence-electron chi connectivity index (χ3n) is 3.37. The zero-order valence-electron chi connectivity index (χ0n) is 9.55. The summed E-state index contributed by atoms with van der Waals surface area (Å²) in [6.45, 7) is 8.33. The summed E-state index contributed by atoms with van der Waals surface area (Å²) in [6.07, 6.45) is 1.94. The SMILES string of the molecule is CCN(CC)C(=O)C1(CN)CC(C)C1. The van der Waals surface area contributed by atoms with Crippen LogP contribution in [0.3, 0.4) is 0 Å². The highest BCUT2D eigenvalue weighted by molar-refractivity contribution is 5.84. The van der Waals surface area contributed by atoms with Gasteiger partial charge < -0.3 is 10.6 Å². The zero-order chi connectivity index (χ0) is 10.8. The van der Waals surface area contributed by atoms with E-state index in [9.17, 15) is 4.79 Å². The molecule has 0 aromatic rings. The fourth-order valence-corrected chi connectivity index (χ4v) is 2.55. The predicted molar refractivity (Wildman–Crippen MR) is 57.8 cm³/mol. The maximum absolute atomic E-state index is 12.1. The molecule has 1 saturated carbocycles. The maximum Gasteiger partial charge on any atom is 0.230 e. The Morgan fingerprint density at radius 3 is 2.21 bits per heavy atom. The molecular weight excluding hydrogens is 176 g/mol. The highest BCUT2D eigenvalue weighted by Crippen LogP contribution is 2.45. The third-order valence-corrected chi connectivity index (χ3v) is 3.37. The van der Waals surface area contributed by atoms with Gasteiger partial charge in [-0.15, -0.1) is 0 Å². The van der Waals surface area contributed by atoms with Crippen LogP contribution in [0.15, 0.2) is 0 Å². The molecule has 0 heterocycles. The van der Waals surface area contributed by atoms with Crippen molar-refractivity contribution in [1.82, 2.24) is 4.90 Å². The van der Waals surface area contributed by atoms with Gasteiger partial charge in [-0.1, -0.05) is 6.92 Å². The van der Waals surface area contributed by atoms with Gasteiger partial charge in [0.05, 0.1) is 5.41 Å². The highest BCUT2D eigenvalue weighted by Gasteiger charge is 2.48. The number of rotatable bonds is 4. The third kappa shape index (κ3) is 1.78. The van der Waals surface area contributed by atoms with Gasteiger partial charge >= 0.3 is 0 Å². The van der Waals surface area contributed by atoms with E-state index in [1.54, 1.807) is 0 Å². The minimum absolute atomic E-state index is 0.217. The van der Waals surface area contributed by atoms with Crippen molar-refractivity contribution in [2.24, 2.45) is 17.1 Å². The fraction of sp³-hybridized carbons (Fsp3) is 0.909. The van der Waals surface area contributed by atoms with Crippen LogP contribution in [0.4, 0.5) is 0 Å². The summed E-state index contributed by atoms with van der Waals surface area (Å²) in [5, 5.41) is 0. The molecule has 1 rings (SSSR count). The van der Waals surface area contributed by atoms with Crippen LogP contribution in [-0.2, 0) is 4.79 Å². The molecule has 0 aliphatic heterocycles. The molecule has 3 nitrogen and oxygen atoms in total. The Kier molecular flexibility index (Phi) is 3.53. The second-order valence-corrected chi connectivity index (χ2v) is 4.48. The standard InChI is InChI=1S/C11H22N2O/c1-4-13(5-2)10(14)11(8-12)6-9(3)7-11/h9H,4-8,12H2,1-3H3. The van der Waals surface area contributed by atoms with Crippen molar-refractivity contribution >= 4 is 5.91 Å². The van der Waals surface area contributed by atoms with Gasteiger partial charge in [-0.2, -0.15) is 0 Å². The Morgan fingerprint density at radius 2 is 1.93 bits per heavy atom. The van der Waals surface area contributed by atoms with Crippen molar-refractivity contribution in [3.05, 3.63) is 0 Å². The molecular formula is C11H22N2O. The normalized spacial score (nSPS) is 31.0. The second-order valence-electron chi connectivity index (χ2n) is 4.48. The molecule has 2 N–H and O–H groups in total. The Bertz CT molecular complexity index is 205. The van der Waals surface area contributed by atoms with Gasteiger partial charge in [0.1, 0.15) is 0 Å². The summed E-state index contributed by atoms with van der Waals surface area (Å²) >= 11 is 0. The molecule has 0 aromatic heterocycles. The van der Waals surface area contributed by atoms with E-state index in [0.29, 0.717) is 12.5 Å². The van der Waals surface area contributed by atoms with Crippen LogP contribution >= 0.6 is 0 Å². The van der Waals surface area contributed by atoms with E-state index in [4.69, 9.17) is 5.73 Å². The minimum Gasteiger partial charge on any atom is -0.343 e. The van der Waals surface area contributed by atoms with Crippen LogP contribution < -0.4 is 5.73 Å². The molecule has 3 heteroatoms. The lowest BCUT2D eigenvalue weighted by atomic mass is 9.62. The van der Waals surface area contributed by atoms with Crippen molar-refractivity contribution in [3.8, 4) is 0 Å². The van der Waals surface area contributed by atoms with Gasteiger partial charge in [-0.25, -0.2) is 0 Å².